The highest BCUT2D eigenvalue weighted by Crippen LogP contribution is 2.42. The molecule has 6 heteroatoms. The van der Waals surface area contributed by atoms with Gasteiger partial charge >= 0.3 is 0 Å². The number of Topliss-reactive ketones (excluding diaryl/α,β-unsaturated/α-hetero) is 1. The van der Waals surface area contributed by atoms with Crippen molar-refractivity contribution < 1.29 is 24.5 Å². The number of ketones is 1. The van der Waals surface area contributed by atoms with Crippen LogP contribution >= 0.6 is 11.8 Å². The molecule has 1 unspecified atom stereocenters. The number of phenols is 2. The second kappa shape index (κ2) is 9.49. The van der Waals surface area contributed by atoms with Crippen molar-refractivity contribution in [3.05, 3.63) is 83.4 Å². The minimum atomic E-state index is -0.593. The third kappa shape index (κ3) is 5.31. The zero-order chi connectivity index (χ0) is 21.5. The molecule has 3 rings (SSSR count). The first-order valence-corrected chi connectivity index (χ1v) is 9.85. The van der Waals surface area contributed by atoms with Crippen LogP contribution in [0.3, 0.4) is 0 Å². The van der Waals surface area contributed by atoms with E-state index in [2.05, 4.69) is 5.11 Å². The maximum Gasteiger partial charge on any atom is 0.293 e. The number of aromatic hydroxyl groups is 2. The van der Waals surface area contributed by atoms with Crippen LogP contribution in [0.4, 0.5) is 0 Å². The SMILES string of the molecule is [3H]Oc1ccc(C(Sc2ccc(C)cc2O)C(=O)c2ccc(OCOC)cc2)cc1. The predicted octanol–water partition coefficient (Wildman–Crippen LogP) is 5.11. The Bertz CT molecular complexity index is 989. The largest absolute Gasteiger partial charge is 0.508 e. The second-order valence-corrected chi connectivity index (χ2v) is 7.62. The summed E-state index contributed by atoms with van der Waals surface area (Å²) in [6.45, 7) is 2.02. The van der Waals surface area contributed by atoms with E-state index in [1.165, 1.54) is 18.9 Å². The lowest BCUT2D eigenvalue weighted by atomic mass is 10.0. The van der Waals surface area contributed by atoms with Gasteiger partial charge in [-0.3, -0.25) is 4.79 Å². The van der Waals surface area contributed by atoms with Gasteiger partial charge in [0, 0.05) is 12.7 Å². The first kappa shape index (κ1) is 19.4. The third-order valence-corrected chi connectivity index (χ3v) is 5.58. The molecule has 5 nitrogen and oxygen atoms in total. The average Bonchev–Trinajstić information content (AvgIpc) is 2.77. The van der Waals surface area contributed by atoms with E-state index in [1.54, 1.807) is 60.7 Å². The van der Waals surface area contributed by atoms with Gasteiger partial charge in [0.05, 0.1) is 10.1 Å². The number of benzene rings is 3. The lowest BCUT2D eigenvalue weighted by Gasteiger charge is -2.17. The summed E-state index contributed by atoms with van der Waals surface area (Å²) in [5.74, 6) is 1.00. The van der Waals surface area contributed by atoms with Crippen molar-refractivity contribution in [3.63, 3.8) is 0 Å². The van der Waals surface area contributed by atoms with E-state index in [1.807, 2.05) is 13.0 Å². The molecule has 0 spiro atoms. The van der Waals surface area contributed by atoms with Gasteiger partial charge < -0.3 is 19.7 Å². The number of hydrogen-bond donors (Lipinski definition) is 2. The van der Waals surface area contributed by atoms with Crippen molar-refractivity contribution >= 4 is 17.5 Å². The van der Waals surface area contributed by atoms with E-state index in [9.17, 15) is 9.90 Å². The molecule has 29 heavy (non-hydrogen) atoms. The molecule has 150 valence electrons. The van der Waals surface area contributed by atoms with E-state index >= 15 is 0 Å². The van der Waals surface area contributed by atoms with Crippen LogP contribution in [-0.4, -0.2) is 31.3 Å². The molecule has 0 fully saturated rings. The highest BCUT2D eigenvalue weighted by Gasteiger charge is 2.25. The lowest BCUT2D eigenvalue weighted by Crippen LogP contribution is -2.10. The van der Waals surface area contributed by atoms with Crippen molar-refractivity contribution in [2.24, 2.45) is 0 Å². The third-order valence-electron chi connectivity index (χ3n) is 4.26. The van der Waals surface area contributed by atoms with Crippen LogP contribution in [-0.2, 0) is 4.74 Å². The summed E-state index contributed by atoms with van der Waals surface area (Å²) < 4.78 is 17.3. The summed E-state index contributed by atoms with van der Waals surface area (Å²) in [5, 5.41) is 14.2. The zero-order valence-electron chi connectivity index (χ0n) is 17.1. The van der Waals surface area contributed by atoms with E-state index in [0.717, 1.165) is 11.1 Å². The molecule has 0 saturated heterocycles. The quantitative estimate of drug-likeness (QED) is 0.289. The topological polar surface area (TPSA) is 76.0 Å². The number of hydrogen-bond acceptors (Lipinski definition) is 6. The fraction of sp³-hybridized carbons (Fsp3) is 0.174. The molecule has 0 bridgehead atoms. The predicted molar refractivity (Wildman–Crippen MR) is 113 cm³/mol. The summed E-state index contributed by atoms with van der Waals surface area (Å²) in [6.07, 6.45) is 0. The van der Waals surface area contributed by atoms with Gasteiger partial charge in [-0.15, -0.1) is 11.8 Å². The molecule has 0 aliphatic heterocycles. The highest BCUT2D eigenvalue weighted by molar-refractivity contribution is 8.00. The van der Waals surface area contributed by atoms with Crippen LogP contribution in [0.5, 0.6) is 17.2 Å². The van der Waals surface area contributed by atoms with E-state index in [0.29, 0.717) is 22.0 Å². The first-order chi connectivity index (χ1) is 14.5. The van der Waals surface area contributed by atoms with Crippen molar-refractivity contribution in [1.29, 1.82) is 1.43 Å². The van der Waals surface area contributed by atoms with Gasteiger partial charge in [0.2, 0.25) is 0 Å². The Morgan fingerprint density at radius 1 is 1.10 bits per heavy atom. The molecule has 3 aromatic carbocycles. The Labute approximate surface area is 175 Å². The van der Waals surface area contributed by atoms with E-state index < -0.39 is 5.25 Å². The van der Waals surface area contributed by atoms with Crippen molar-refractivity contribution in [2.45, 2.75) is 17.1 Å². The lowest BCUT2D eigenvalue weighted by molar-refractivity contribution is 0.0511. The standard InChI is InChI=1S/C23H22O5S/c1-15-3-12-21(20(25)13-15)29-23(17-4-8-18(24)9-5-17)22(26)16-6-10-19(11-7-16)28-14-27-2/h3-13,23-25H,14H2,1-2H3/i/hT. The van der Waals surface area contributed by atoms with Crippen molar-refractivity contribution in [3.8, 4) is 17.2 Å². The van der Waals surface area contributed by atoms with Crippen molar-refractivity contribution in [2.75, 3.05) is 13.9 Å². The van der Waals surface area contributed by atoms with E-state index in [-0.39, 0.29) is 18.3 Å². The minimum Gasteiger partial charge on any atom is -0.508 e. The van der Waals surface area contributed by atoms with Gasteiger partial charge in [0.15, 0.2) is 12.6 Å². The van der Waals surface area contributed by atoms with Gasteiger partial charge in [0.25, 0.3) is 1.43 Å². The molecule has 0 amide bonds. The summed E-state index contributed by atoms with van der Waals surface area (Å²) >= 11 is 1.27. The van der Waals surface area contributed by atoms with Crippen LogP contribution in [0, 0.1) is 6.92 Å². The number of carbonyl (C=O) groups is 1. The highest BCUT2D eigenvalue weighted by atomic mass is 32.2. The summed E-state index contributed by atoms with van der Waals surface area (Å²) in [4.78, 5) is 14.0. The van der Waals surface area contributed by atoms with Gasteiger partial charge in [-0.25, -0.2) is 0 Å². The van der Waals surface area contributed by atoms with Crippen LogP contribution in [0.25, 0.3) is 0 Å². The Balaban J connectivity index is 1.92. The molecular formula is C23H22O5S. The minimum absolute atomic E-state index is 0.113. The average molecular weight is 412 g/mol. The maximum atomic E-state index is 13.4. The molecule has 0 saturated carbocycles. The number of rotatable bonds is 9. The van der Waals surface area contributed by atoms with Gasteiger partial charge in [-0.2, -0.15) is 0 Å². The molecule has 1 atom stereocenters. The fourth-order valence-electron chi connectivity index (χ4n) is 2.76. The van der Waals surface area contributed by atoms with Gasteiger partial charge in [0.1, 0.15) is 17.2 Å². The summed E-state index contributed by atoms with van der Waals surface area (Å²) in [6, 6.07) is 19.0. The number of methoxy groups -OCH3 is 1. The van der Waals surface area contributed by atoms with E-state index in [4.69, 9.17) is 10.9 Å². The zero-order valence-corrected chi connectivity index (χ0v) is 16.9. The van der Waals surface area contributed by atoms with Crippen LogP contribution in [0.1, 0.15) is 26.7 Å². The second-order valence-electron chi connectivity index (χ2n) is 6.48. The van der Waals surface area contributed by atoms with Gasteiger partial charge in [-0.1, -0.05) is 18.2 Å². The van der Waals surface area contributed by atoms with Crippen molar-refractivity contribution in [1.82, 2.24) is 0 Å². The Kier molecular flexibility index (Phi) is 6.34. The number of phenolic OH excluding ortho intramolecular Hbond substituents is 2. The van der Waals surface area contributed by atoms with Crippen LogP contribution in [0.2, 0.25) is 0 Å². The fourth-order valence-corrected chi connectivity index (χ4v) is 3.88. The van der Waals surface area contributed by atoms with Crippen LogP contribution in [0.15, 0.2) is 71.6 Å². The smallest absolute Gasteiger partial charge is 0.293 e. The molecule has 0 radical (unpaired) electrons. The summed E-state index contributed by atoms with van der Waals surface area (Å²) in [7, 11) is 1.54. The molecule has 0 heterocycles. The van der Waals surface area contributed by atoms with Crippen LogP contribution < -0.4 is 4.74 Å². The summed E-state index contributed by atoms with van der Waals surface area (Å²) in [5.41, 5.74) is 2.19. The number of aryl methyl sites for hydroxylation is 1. The molecule has 0 aromatic heterocycles. The molecule has 2 N–H and O–H groups in total. The monoisotopic (exact) mass is 412 g/mol. The molecular weight excluding hydrogens is 388 g/mol. The Morgan fingerprint density at radius 3 is 2.45 bits per heavy atom. The number of thioether (sulfide) groups is 1. The molecule has 0 aliphatic rings. The normalized spacial score (nSPS) is 12.1. The molecule has 0 aliphatic carbocycles. The molecule has 3 aromatic rings. The Hall–Kier alpha value is -2.96. The number of carbonyl (C=O) groups excluding carboxylic acids is 1. The number of ether oxygens (including phenoxy) is 2. The first-order valence-electron chi connectivity index (χ1n) is 9.38. The maximum absolute atomic E-state index is 13.4. The Morgan fingerprint density at radius 2 is 1.83 bits per heavy atom. The van der Waals surface area contributed by atoms with Gasteiger partial charge in [-0.05, 0) is 66.6 Å².